The summed E-state index contributed by atoms with van der Waals surface area (Å²) in [6.07, 6.45) is 7.36. The topological polar surface area (TPSA) is 29.9 Å². The fourth-order valence-electron chi connectivity index (χ4n) is 3.26. The van der Waals surface area contributed by atoms with Crippen LogP contribution in [0.25, 0.3) is 0 Å². The van der Waals surface area contributed by atoms with Crippen molar-refractivity contribution in [1.82, 2.24) is 9.55 Å². The molecule has 2 aromatic rings. The summed E-state index contributed by atoms with van der Waals surface area (Å²) in [5.74, 6) is 0.965. The normalized spacial score (nSPS) is 15.6. The zero-order valence-corrected chi connectivity index (χ0v) is 14.5. The van der Waals surface area contributed by atoms with Gasteiger partial charge in [0.1, 0.15) is 0 Å². The van der Waals surface area contributed by atoms with Crippen molar-refractivity contribution in [2.75, 3.05) is 5.32 Å². The zero-order chi connectivity index (χ0) is 15.0. The number of benzene rings is 1. The third-order valence-electron chi connectivity index (χ3n) is 4.24. The first-order valence-electron chi connectivity index (χ1n) is 7.64. The molecule has 3 rings (SSSR count). The number of halogens is 1. The standard InChI is InChI=1S/C17H22BrN3/c1-11-8-12(2)16(15(18)9-11)20-17-19-13(3)10-21(17)14-6-4-5-7-14/h8-10,14H,4-7H2,1-3H3,(H,19,20). The Hall–Kier alpha value is -1.29. The Morgan fingerprint density at radius 2 is 1.90 bits per heavy atom. The van der Waals surface area contributed by atoms with Crippen molar-refractivity contribution in [3.8, 4) is 0 Å². The summed E-state index contributed by atoms with van der Waals surface area (Å²) < 4.78 is 3.42. The Kier molecular flexibility index (Phi) is 4.07. The molecule has 1 aromatic heterocycles. The van der Waals surface area contributed by atoms with Gasteiger partial charge in [0.2, 0.25) is 5.95 Å². The highest BCUT2D eigenvalue weighted by Gasteiger charge is 2.21. The maximum absolute atomic E-state index is 4.69. The third-order valence-corrected chi connectivity index (χ3v) is 4.86. The quantitative estimate of drug-likeness (QED) is 0.802. The average Bonchev–Trinajstić information content (AvgIpc) is 3.02. The van der Waals surface area contributed by atoms with Crippen LogP contribution in [-0.2, 0) is 0 Å². The first-order chi connectivity index (χ1) is 10.0. The van der Waals surface area contributed by atoms with Gasteiger partial charge in [-0.05, 0) is 66.7 Å². The number of anilines is 2. The minimum atomic E-state index is 0.596. The fourth-order valence-corrected chi connectivity index (χ4v) is 4.03. The van der Waals surface area contributed by atoms with E-state index in [1.165, 1.54) is 36.8 Å². The lowest BCUT2D eigenvalue weighted by Crippen LogP contribution is -2.08. The Morgan fingerprint density at radius 1 is 1.19 bits per heavy atom. The summed E-state index contributed by atoms with van der Waals surface area (Å²) in [7, 11) is 0. The highest BCUT2D eigenvalue weighted by atomic mass is 79.9. The van der Waals surface area contributed by atoms with Gasteiger partial charge in [-0.2, -0.15) is 0 Å². The monoisotopic (exact) mass is 347 g/mol. The first-order valence-corrected chi connectivity index (χ1v) is 8.43. The van der Waals surface area contributed by atoms with Gasteiger partial charge in [-0.15, -0.1) is 0 Å². The molecule has 112 valence electrons. The second-order valence-corrected chi connectivity index (χ2v) is 6.97. The van der Waals surface area contributed by atoms with Crippen molar-refractivity contribution in [2.45, 2.75) is 52.5 Å². The molecule has 1 fully saturated rings. The number of rotatable bonds is 3. The predicted molar refractivity (Wildman–Crippen MR) is 91.4 cm³/mol. The lowest BCUT2D eigenvalue weighted by atomic mass is 10.1. The van der Waals surface area contributed by atoms with E-state index in [2.05, 4.69) is 69.9 Å². The molecule has 0 amide bonds. The third kappa shape index (κ3) is 3.00. The maximum Gasteiger partial charge on any atom is 0.207 e. The molecule has 0 radical (unpaired) electrons. The van der Waals surface area contributed by atoms with Crippen molar-refractivity contribution < 1.29 is 0 Å². The van der Waals surface area contributed by atoms with Gasteiger partial charge in [0.05, 0.1) is 11.4 Å². The molecular weight excluding hydrogens is 326 g/mol. The van der Waals surface area contributed by atoms with Crippen molar-refractivity contribution in [3.63, 3.8) is 0 Å². The van der Waals surface area contributed by atoms with E-state index >= 15 is 0 Å². The van der Waals surface area contributed by atoms with Gasteiger partial charge in [-0.1, -0.05) is 18.9 Å². The van der Waals surface area contributed by atoms with E-state index in [4.69, 9.17) is 0 Å². The summed E-state index contributed by atoms with van der Waals surface area (Å²) >= 11 is 3.67. The molecule has 1 aliphatic rings. The van der Waals surface area contributed by atoms with Crippen molar-refractivity contribution in [3.05, 3.63) is 39.6 Å². The van der Waals surface area contributed by atoms with E-state index in [0.717, 1.165) is 21.8 Å². The number of hydrogen-bond donors (Lipinski definition) is 1. The van der Waals surface area contributed by atoms with Crippen LogP contribution in [-0.4, -0.2) is 9.55 Å². The van der Waals surface area contributed by atoms with Crippen LogP contribution in [0.15, 0.2) is 22.8 Å². The molecule has 1 heterocycles. The van der Waals surface area contributed by atoms with E-state index in [9.17, 15) is 0 Å². The number of nitrogens with zero attached hydrogens (tertiary/aromatic N) is 2. The molecule has 0 saturated heterocycles. The lowest BCUT2D eigenvalue weighted by Gasteiger charge is -2.17. The molecule has 0 bridgehead atoms. The van der Waals surface area contributed by atoms with Gasteiger partial charge in [0.25, 0.3) is 0 Å². The number of nitrogens with one attached hydrogen (secondary N) is 1. The Labute approximate surface area is 134 Å². The maximum atomic E-state index is 4.69. The number of aryl methyl sites for hydroxylation is 3. The zero-order valence-electron chi connectivity index (χ0n) is 12.9. The van der Waals surface area contributed by atoms with Crippen LogP contribution in [0.1, 0.15) is 48.5 Å². The molecule has 1 aliphatic carbocycles. The van der Waals surface area contributed by atoms with Crippen molar-refractivity contribution >= 4 is 27.6 Å². The summed E-state index contributed by atoms with van der Waals surface area (Å²) in [4.78, 5) is 4.69. The van der Waals surface area contributed by atoms with Crippen LogP contribution in [0.5, 0.6) is 0 Å². The minimum Gasteiger partial charge on any atom is -0.324 e. The van der Waals surface area contributed by atoms with Gasteiger partial charge in [0, 0.05) is 16.7 Å². The van der Waals surface area contributed by atoms with Gasteiger partial charge >= 0.3 is 0 Å². The molecular formula is C17H22BrN3. The SMILES string of the molecule is Cc1cc(C)c(Nc2nc(C)cn2C2CCCC2)c(Br)c1. The smallest absolute Gasteiger partial charge is 0.207 e. The first kappa shape index (κ1) is 14.6. The second-order valence-electron chi connectivity index (χ2n) is 6.12. The molecule has 4 heteroatoms. The molecule has 0 spiro atoms. The number of aromatic nitrogens is 2. The Balaban J connectivity index is 1.95. The predicted octanol–water partition coefficient (Wildman–Crippen LogP) is 5.43. The molecule has 1 saturated carbocycles. The summed E-state index contributed by atoms with van der Waals surface area (Å²) in [5, 5.41) is 3.54. The lowest BCUT2D eigenvalue weighted by molar-refractivity contribution is 0.524. The summed E-state index contributed by atoms with van der Waals surface area (Å²) in [5.41, 5.74) is 4.69. The molecule has 3 nitrogen and oxygen atoms in total. The highest BCUT2D eigenvalue weighted by molar-refractivity contribution is 9.10. The van der Waals surface area contributed by atoms with Crippen LogP contribution < -0.4 is 5.32 Å². The van der Waals surface area contributed by atoms with Gasteiger partial charge in [-0.3, -0.25) is 0 Å². The van der Waals surface area contributed by atoms with Gasteiger partial charge < -0.3 is 9.88 Å². The van der Waals surface area contributed by atoms with E-state index in [1.54, 1.807) is 0 Å². The number of imidazole rings is 1. The molecule has 0 unspecified atom stereocenters. The van der Waals surface area contributed by atoms with Crippen LogP contribution >= 0.6 is 15.9 Å². The minimum absolute atomic E-state index is 0.596. The molecule has 0 atom stereocenters. The van der Waals surface area contributed by atoms with Crippen LogP contribution in [0.3, 0.4) is 0 Å². The number of hydrogen-bond acceptors (Lipinski definition) is 2. The van der Waals surface area contributed by atoms with Gasteiger partial charge in [-0.25, -0.2) is 4.98 Å². The van der Waals surface area contributed by atoms with E-state index in [0.29, 0.717) is 6.04 Å². The second kappa shape index (κ2) is 5.84. The molecule has 21 heavy (non-hydrogen) atoms. The summed E-state index contributed by atoms with van der Waals surface area (Å²) in [6.45, 7) is 6.31. The largest absolute Gasteiger partial charge is 0.324 e. The average molecular weight is 348 g/mol. The molecule has 1 aromatic carbocycles. The van der Waals surface area contributed by atoms with E-state index in [-0.39, 0.29) is 0 Å². The van der Waals surface area contributed by atoms with E-state index < -0.39 is 0 Å². The highest BCUT2D eigenvalue weighted by Crippen LogP contribution is 2.35. The van der Waals surface area contributed by atoms with Gasteiger partial charge in [0.15, 0.2) is 0 Å². The fraction of sp³-hybridized carbons (Fsp3) is 0.471. The Morgan fingerprint density at radius 3 is 2.57 bits per heavy atom. The van der Waals surface area contributed by atoms with E-state index in [1.807, 2.05) is 0 Å². The van der Waals surface area contributed by atoms with Crippen LogP contribution in [0.4, 0.5) is 11.6 Å². The van der Waals surface area contributed by atoms with Crippen molar-refractivity contribution in [2.24, 2.45) is 0 Å². The van der Waals surface area contributed by atoms with Crippen molar-refractivity contribution in [1.29, 1.82) is 0 Å². The van der Waals surface area contributed by atoms with Crippen LogP contribution in [0.2, 0.25) is 0 Å². The Bertz CT molecular complexity index is 631. The van der Waals surface area contributed by atoms with Crippen LogP contribution in [0, 0.1) is 20.8 Å². The summed E-state index contributed by atoms with van der Waals surface area (Å²) in [6, 6.07) is 4.94. The molecule has 1 N–H and O–H groups in total. The molecule has 0 aliphatic heterocycles.